The molecule has 0 amide bonds. The molecule has 206 valence electrons. The lowest BCUT2D eigenvalue weighted by molar-refractivity contribution is 0.103. The molecule has 1 aliphatic rings. The summed E-state index contributed by atoms with van der Waals surface area (Å²) in [7, 11) is -6.64. The van der Waals surface area contributed by atoms with Crippen molar-refractivity contribution < 1.29 is 34.7 Å². The first kappa shape index (κ1) is 27.9. The van der Waals surface area contributed by atoms with Crippen molar-refractivity contribution in [1.82, 2.24) is 14.8 Å². The van der Waals surface area contributed by atoms with E-state index in [1.165, 1.54) is 13.2 Å². The predicted octanol–water partition coefficient (Wildman–Crippen LogP) is 1.77. The number of carbonyl (C=O) groups is 1. The summed E-state index contributed by atoms with van der Waals surface area (Å²) in [5.74, 6) is -0.489. The molecule has 13 heteroatoms. The molecule has 0 atom stereocenters. The fourth-order valence-corrected chi connectivity index (χ4v) is 5.53. The number of hydrogen-bond acceptors (Lipinski definition) is 10. The second-order valence-electron chi connectivity index (χ2n) is 9.12. The molecule has 0 saturated carbocycles. The SMILES string of the molecule is COc1ccc(C(=O)c2c(C)n(CCN3CCNCC3)c3ccc(OS(C)(=O)=O)c(OS(C)(=O)=O)c23)cc1. The number of piperazine rings is 1. The second kappa shape index (κ2) is 10.9. The Morgan fingerprint density at radius 2 is 1.55 bits per heavy atom. The maximum absolute atomic E-state index is 13.9. The van der Waals surface area contributed by atoms with Crippen LogP contribution < -0.4 is 18.4 Å². The lowest BCUT2D eigenvalue weighted by Gasteiger charge is -2.27. The summed E-state index contributed by atoms with van der Waals surface area (Å²) in [6, 6.07) is 9.47. The number of carbonyl (C=O) groups excluding carboxylic acids is 1. The third-order valence-corrected chi connectivity index (χ3v) is 7.26. The van der Waals surface area contributed by atoms with E-state index in [-0.39, 0.29) is 28.2 Å². The van der Waals surface area contributed by atoms with Gasteiger partial charge in [-0.1, -0.05) is 0 Å². The van der Waals surface area contributed by atoms with Gasteiger partial charge in [0.1, 0.15) is 5.75 Å². The van der Waals surface area contributed by atoms with Crippen molar-refractivity contribution in [1.29, 1.82) is 0 Å². The molecule has 1 aliphatic heterocycles. The standard InChI is InChI=1S/C25H31N3O8S2/c1-17-22(24(29)18-5-7-19(34-2)8-6-18)23-20(28(17)16-15-27-13-11-26-12-14-27)9-10-21(35-37(3,30)31)25(23)36-38(4,32)33/h5-10,26H,11-16H2,1-4H3. The Kier molecular flexibility index (Phi) is 8.02. The topological polar surface area (TPSA) is 133 Å². The number of ketones is 1. The van der Waals surface area contributed by atoms with E-state index in [1.807, 2.05) is 4.57 Å². The summed E-state index contributed by atoms with van der Waals surface area (Å²) in [4.78, 5) is 16.2. The zero-order valence-electron chi connectivity index (χ0n) is 21.7. The van der Waals surface area contributed by atoms with Crippen molar-refractivity contribution in [3.05, 3.63) is 53.2 Å². The molecule has 0 spiro atoms. The summed E-state index contributed by atoms with van der Waals surface area (Å²) < 4.78 is 66.0. The van der Waals surface area contributed by atoms with Crippen LogP contribution >= 0.6 is 0 Å². The van der Waals surface area contributed by atoms with Crippen molar-refractivity contribution >= 4 is 36.9 Å². The van der Waals surface area contributed by atoms with Gasteiger partial charge in [-0.2, -0.15) is 16.8 Å². The highest BCUT2D eigenvalue weighted by molar-refractivity contribution is 7.86. The van der Waals surface area contributed by atoms with Gasteiger partial charge in [-0.25, -0.2) is 0 Å². The van der Waals surface area contributed by atoms with E-state index in [0.717, 1.165) is 38.7 Å². The molecule has 1 aromatic heterocycles. The molecule has 0 aliphatic carbocycles. The number of nitrogens with zero attached hydrogens (tertiary/aromatic N) is 2. The molecule has 0 radical (unpaired) electrons. The smallest absolute Gasteiger partial charge is 0.306 e. The van der Waals surface area contributed by atoms with E-state index in [4.69, 9.17) is 13.1 Å². The number of rotatable bonds is 10. The number of fused-ring (bicyclic) bond motifs is 1. The van der Waals surface area contributed by atoms with Crippen LogP contribution in [0, 0.1) is 6.92 Å². The average molecular weight is 566 g/mol. The van der Waals surface area contributed by atoms with Crippen LogP contribution in [0.1, 0.15) is 21.6 Å². The highest BCUT2D eigenvalue weighted by Gasteiger charge is 2.29. The van der Waals surface area contributed by atoms with Crippen molar-refractivity contribution in [2.75, 3.05) is 52.3 Å². The third-order valence-electron chi connectivity index (χ3n) is 6.31. The number of benzene rings is 2. The number of methoxy groups -OCH3 is 1. The minimum atomic E-state index is -4.12. The van der Waals surface area contributed by atoms with E-state index >= 15 is 0 Å². The number of aromatic nitrogens is 1. The van der Waals surface area contributed by atoms with Gasteiger partial charge in [-0.3, -0.25) is 9.69 Å². The van der Waals surface area contributed by atoms with Gasteiger partial charge < -0.3 is 23.0 Å². The van der Waals surface area contributed by atoms with Gasteiger partial charge >= 0.3 is 20.2 Å². The molecule has 3 aromatic rings. The summed E-state index contributed by atoms with van der Waals surface area (Å²) in [5, 5.41) is 3.48. The number of nitrogens with one attached hydrogen (secondary N) is 1. The van der Waals surface area contributed by atoms with Crippen molar-refractivity contribution in [2.45, 2.75) is 13.5 Å². The summed E-state index contributed by atoms with van der Waals surface area (Å²) in [6.07, 6.45) is 1.68. The van der Waals surface area contributed by atoms with Crippen LogP contribution in [-0.2, 0) is 26.8 Å². The van der Waals surface area contributed by atoms with Gasteiger partial charge in [0.05, 0.1) is 36.1 Å². The van der Waals surface area contributed by atoms with Crippen LogP contribution in [0.4, 0.5) is 0 Å². The zero-order valence-corrected chi connectivity index (χ0v) is 23.3. The lowest BCUT2D eigenvalue weighted by atomic mass is 9.99. The normalized spacial score (nSPS) is 14.9. The first-order chi connectivity index (χ1) is 17.9. The molecule has 4 rings (SSSR count). The van der Waals surface area contributed by atoms with Gasteiger partial charge in [0, 0.05) is 50.5 Å². The van der Waals surface area contributed by atoms with E-state index in [9.17, 15) is 21.6 Å². The van der Waals surface area contributed by atoms with Crippen LogP contribution in [0.15, 0.2) is 36.4 Å². The quantitative estimate of drug-likeness (QED) is 0.286. The Morgan fingerprint density at radius 3 is 2.13 bits per heavy atom. The second-order valence-corrected chi connectivity index (χ2v) is 12.3. The highest BCUT2D eigenvalue weighted by atomic mass is 32.2. The maximum Gasteiger partial charge on any atom is 0.306 e. The fraction of sp³-hybridized carbons (Fsp3) is 0.400. The Morgan fingerprint density at radius 1 is 0.921 bits per heavy atom. The average Bonchev–Trinajstić information content (AvgIpc) is 3.14. The Labute approximate surface area is 222 Å². The summed E-state index contributed by atoms with van der Waals surface area (Å²) in [5.41, 5.74) is 1.65. The summed E-state index contributed by atoms with van der Waals surface area (Å²) in [6.45, 7) is 6.51. The lowest BCUT2D eigenvalue weighted by Crippen LogP contribution is -2.44. The Hall–Kier alpha value is -3.13. The minimum absolute atomic E-state index is 0.162. The highest BCUT2D eigenvalue weighted by Crippen LogP contribution is 2.42. The third kappa shape index (κ3) is 6.29. The molecule has 1 saturated heterocycles. The van der Waals surface area contributed by atoms with Crippen LogP contribution in [0.3, 0.4) is 0 Å². The zero-order chi connectivity index (χ0) is 27.7. The molecule has 1 N–H and O–H groups in total. The van der Waals surface area contributed by atoms with Crippen molar-refractivity contribution in [3.63, 3.8) is 0 Å². The van der Waals surface area contributed by atoms with Gasteiger partial charge in [0.25, 0.3) is 0 Å². The van der Waals surface area contributed by atoms with Crippen LogP contribution in [-0.4, -0.2) is 84.4 Å². The molecule has 0 unspecified atom stereocenters. The van der Waals surface area contributed by atoms with E-state index in [0.29, 0.717) is 35.6 Å². The number of ether oxygens (including phenoxy) is 1. The van der Waals surface area contributed by atoms with E-state index in [1.54, 1.807) is 37.3 Å². The van der Waals surface area contributed by atoms with Gasteiger partial charge in [-0.15, -0.1) is 0 Å². The molecule has 1 fully saturated rings. The largest absolute Gasteiger partial charge is 0.497 e. The maximum atomic E-state index is 13.9. The first-order valence-electron chi connectivity index (χ1n) is 11.9. The van der Waals surface area contributed by atoms with Crippen LogP contribution in [0.25, 0.3) is 10.9 Å². The molecule has 38 heavy (non-hydrogen) atoms. The van der Waals surface area contributed by atoms with Crippen LogP contribution in [0.5, 0.6) is 17.2 Å². The van der Waals surface area contributed by atoms with Gasteiger partial charge in [0.15, 0.2) is 17.3 Å². The summed E-state index contributed by atoms with van der Waals surface area (Å²) >= 11 is 0. The molecule has 2 aromatic carbocycles. The molecule has 11 nitrogen and oxygen atoms in total. The molecule has 0 bridgehead atoms. The Balaban J connectivity index is 1.94. The van der Waals surface area contributed by atoms with Crippen molar-refractivity contribution in [2.24, 2.45) is 0 Å². The van der Waals surface area contributed by atoms with E-state index < -0.39 is 20.2 Å². The predicted molar refractivity (Wildman–Crippen MR) is 143 cm³/mol. The first-order valence-corrected chi connectivity index (χ1v) is 15.6. The van der Waals surface area contributed by atoms with Gasteiger partial charge in [0.2, 0.25) is 0 Å². The van der Waals surface area contributed by atoms with E-state index in [2.05, 4.69) is 10.2 Å². The molecular weight excluding hydrogens is 534 g/mol. The minimum Gasteiger partial charge on any atom is -0.497 e. The Bertz CT molecular complexity index is 1560. The molecule has 2 heterocycles. The number of hydrogen-bond donors (Lipinski definition) is 1. The van der Waals surface area contributed by atoms with Crippen molar-refractivity contribution in [3.8, 4) is 17.2 Å². The van der Waals surface area contributed by atoms with Gasteiger partial charge in [-0.05, 0) is 43.3 Å². The van der Waals surface area contributed by atoms with Crippen LogP contribution in [0.2, 0.25) is 0 Å². The monoisotopic (exact) mass is 565 g/mol. The fourth-order valence-electron chi connectivity index (χ4n) is 4.61. The molecular formula is C25H31N3O8S2.